The fourth-order valence-corrected chi connectivity index (χ4v) is 1.50. The highest BCUT2D eigenvalue weighted by molar-refractivity contribution is 5.85. The van der Waals surface area contributed by atoms with E-state index in [2.05, 4.69) is 0 Å². The number of rotatable bonds is 4. The second-order valence-electron chi connectivity index (χ2n) is 4.14. The van der Waals surface area contributed by atoms with E-state index in [1.807, 2.05) is 48.5 Å². The van der Waals surface area contributed by atoms with Gasteiger partial charge in [0.05, 0.1) is 6.42 Å². The Hall–Kier alpha value is -2.88. The summed E-state index contributed by atoms with van der Waals surface area (Å²) in [6.45, 7) is 0. The summed E-state index contributed by atoms with van der Waals surface area (Å²) in [7, 11) is 0. The van der Waals surface area contributed by atoms with Crippen LogP contribution in [0, 0.1) is 0 Å². The number of hydrogen-bond donors (Lipinski definition) is 2. The van der Waals surface area contributed by atoms with Crippen LogP contribution in [0.25, 0.3) is 6.08 Å². The van der Waals surface area contributed by atoms with Gasteiger partial charge in [-0.05, 0) is 17.2 Å². The molecule has 21 heavy (non-hydrogen) atoms. The van der Waals surface area contributed by atoms with Crippen molar-refractivity contribution in [2.75, 3.05) is 0 Å². The first-order chi connectivity index (χ1) is 10.1. The van der Waals surface area contributed by atoms with E-state index in [0.717, 1.165) is 17.2 Å². The number of aliphatic carboxylic acids is 2. The van der Waals surface area contributed by atoms with Crippen LogP contribution in [0.15, 0.2) is 66.7 Å². The van der Waals surface area contributed by atoms with Gasteiger partial charge >= 0.3 is 11.9 Å². The summed E-state index contributed by atoms with van der Waals surface area (Å²) in [5.74, 6) is -1.71. The molecule has 4 heteroatoms. The normalized spacial score (nSPS) is 9.71. The van der Waals surface area contributed by atoms with E-state index in [4.69, 9.17) is 10.2 Å². The molecular weight excluding hydrogens is 268 g/mol. The molecule has 0 amide bonds. The first-order valence-electron chi connectivity index (χ1n) is 6.29. The van der Waals surface area contributed by atoms with Gasteiger partial charge in [-0.3, -0.25) is 4.79 Å². The van der Waals surface area contributed by atoms with Gasteiger partial charge in [-0.1, -0.05) is 60.7 Å². The van der Waals surface area contributed by atoms with Crippen LogP contribution < -0.4 is 0 Å². The molecule has 0 fully saturated rings. The molecule has 0 saturated heterocycles. The molecule has 2 N–H and O–H groups in total. The van der Waals surface area contributed by atoms with Gasteiger partial charge in [0.1, 0.15) is 0 Å². The third kappa shape index (κ3) is 8.00. The quantitative estimate of drug-likeness (QED) is 0.846. The average Bonchev–Trinajstić information content (AvgIpc) is 2.47. The van der Waals surface area contributed by atoms with Crippen molar-refractivity contribution in [1.29, 1.82) is 0 Å². The summed E-state index contributed by atoms with van der Waals surface area (Å²) in [5, 5.41) is 16.7. The van der Waals surface area contributed by atoms with Gasteiger partial charge in [-0.25, -0.2) is 4.79 Å². The molecule has 0 atom stereocenters. The maximum atomic E-state index is 10.2. The number of carbonyl (C=O) groups is 2. The van der Waals surface area contributed by atoms with E-state index in [1.165, 1.54) is 0 Å². The molecule has 4 nitrogen and oxygen atoms in total. The van der Waals surface area contributed by atoms with Crippen molar-refractivity contribution in [3.05, 3.63) is 77.9 Å². The van der Waals surface area contributed by atoms with E-state index < -0.39 is 11.9 Å². The third-order valence-electron chi connectivity index (χ3n) is 2.42. The predicted molar refractivity (Wildman–Crippen MR) is 80.9 cm³/mol. The van der Waals surface area contributed by atoms with Gasteiger partial charge in [-0.2, -0.15) is 0 Å². The Balaban J connectivity index is 0.000000211. The van der Waals surface area contributed by atoms with Gasteiger partial charge in [-0.15, -0.1) is 0 Å². The van der Waals surface area contributed by atoms with Crippen LogP contribution in [0.5, 0.6) is 0 Å². The molecule has 2 aromatic carbocycles. The number of benzene rings is 2. The van der Waals surface area contributed by atoms with E-state index >= 15 is 0 Å². The first kappa shape index (κ1) is 16.2. The summed E-state index contributed by atoms with van der Waals surface area (Å²) in [5.41, 5.74) is 1.74. The zero-order valence-electron chi connectivity index (χ0n) is 11.3. The fraction of sp³-hybridized carbons (Fsp3) is 0.0588. The lowest BCUT2D eigenvalue weighted by atomic mass is 10.2. The lowest BCUT2D eigenvalue weighted by Gasteiger charge is -1.92. The number of hydrogen-bond acceptors (Lipinski definition) is 2. The molecule has 0 aliphatic rings. The van der Waals surface area contributed by atoms with E-state index in [9.17, 15) is 9.59 Å². The molecule has 0 aliphatic heterocycles. The van der Waals surface area contributed by atoms with Gasteiger partial charge in [0, 0.05) is 6.08 Å². The maximum Gasteiger partial charge on any atom is 0.328 e. The summed E-state index contributed by atoms with van der Waals surface area (Å²) in [6, 6.07) is 18.4. The monoisotopic (exact) mass is 284 g/mol. The molecule has 0 aromatic heterocycles. The van der Waals surface area contributed by atoms with Crippen molar-refractivity contribution in [2.45, 2.75) is 6.42 Å². The minimum absolute atomic E-state index is 0.112. The summed E-state index contributed by atoms with van der Waals surface area (Å²) >= 11 is 0. The lowest BCUT2D eigenvalue weighted by Crippen LogP contribution is -1.98. The van der Waals surface area contributed by atoms with Crippen molar-refractivity contribution in [2.24, 2.45) is 0 Å². The smallest absolute Gasteiger partial charge is 0.328 e. The molecular formula is C17H16O4. The Morgan fingerprint density at radius 3 is 1.86 bits per heavy atom. The van der Waals surface area contributed by atoms with Crippen molar-refractivity contribution in [1.82, 2.24) is 0 Å². The topological polar surface area (TPSA) is 74.6 Å². The Kier molecular flexibility index (Phi) is 7.00. The molecule has 0 unspecified atom stereocenters. The molecule has 0 bridgehead atoms. The van der Waals surface area contributed by atoms with E-state index in [-0.39, 0.29) is 6.42 Å². The van der Waals surface area contributed by atoms with Crippen molar-refractivity contribution >= 4 is 18.0 Å². The molecule has 0 heterocycles. The van der Waals surface area contributed by atoms with Crippen LogP contribution in [0.1, 0.15) is 11.1 Å². The van der Waals surface area contributed by atoms with Gasteiger partial charge < -0.3 is 10.2 Å². The van der Waals surface area contributed by atoms with Crippen LogP contribution in [-0.4, -0.2) is 22.2 Å². The van der Waals surface area contributed by atoms with Crippen LogP contribution >= 0.6 is 0 Å². The standard InChI is InChI=1S/C9H8O2.C8H8O2/c10-9(11)7-6-8-4-2-1-3-5-8;9-8(10)6-7-4-2-1-3-5-7/h1-7H,(H,10,11);1-5H,6H2,(H,9,10). The molecule has 0 aliphatic carbocycles. The predicted octanol–water partition coefficient (Wildman–Crippen LogP) is 3.10. The van der Waals surface area contributed by atoms with Crippen LogP contribution in [0.3, 0.4) is 0 Å². The third-order valence-corrected chi connectivity index (χ3v) is 2.42. The Morgan fingerprint density at radius 2 is 1.38 bits per heavy atom. The average molecular weight is 284 g/mol. The van der Waals surface area contributed by atoms with Crippen LogP contribution in [0.2, 0.25) is 0 Å². The highest BCUT2D eigenvalue weighted by atomic mass is 16.4. The number of carboxylic acids is 2. The highest BCUT2D eigenvalue weighted by Crippen LogP contribution is 2.00. The summed E-state index contributed by atoms with van der Waals surface area (Å²) in [6.07, 6.45) is 2.79. The maximum absolute atomic E-state index is 10.2. The summed E-state index contributed by atoms with van der Waals surface area (Å²) in [4.78, 5) is 20.3. The largest absolute Gasteiger partial charge is 0.481 e. The Morgan fingerprint density at radius 1 is 0.857 bits per heavy atom. The minimum atomic E-state index is -0.922. The zero-order chi connectivity index (χ0) is 15.5. The second-order valence-corrected chi connectivity index (χ2v) is 4.14. The van der Waals surface area contributed by atoms with Crippen molar-refractivity contribution in [3.63, 3.8) is 0 Å². The Labute approximate surface area is 123 Å². The van der Waals surface area contributed by atoms with E-state index in [0.29, 0.717) is 0 Å². The first-order valence-corrected chi connectivity index (χ1v) is 6.29. The highest BCUT2D eigenvalue weighted by Gasteiger charge is 1.96. The SMILES string of the molecule is O=C(O)C=Cc1ccccc1.O=C(O)Cc1ccccc1. The molecule has 2 rings (SSSR count). The molecule has 0 radical (unpaired) electrons. The Bertz CT molecular complexity index is 589. The van der Waals surface area contributed by atoms with Gasteiger partial charge in [0.15, 0.2) is 0 Å². The lowest BCUT2D eigenvalue weighted by molar-refractivity contribution is -0.136. The molecule has 2 aromatic rings. The zero-order valence-corrected chi connectivity index (χ0v) is 11.3. The van der Waals surface area contributed by atoms with Crippen molar-refractivity contribution < 1.29 is 19.8 Å². The van der Waals surface area contributed by atoms with Crippen LogP contribution in [-0.2, 0) is 16.0 Å². The van der Waals surface area contributed by atoms with Gasteiger partial charge in [0.2, 0.25) is 0 Å². The molecule has 0 spiro atoms. The summed E-state index contributed by atoms with van der Waals surface area (Å²) < 4.78 is 0. The second kappa shape index (κ2) is 9.09. The fourth-order valence-electron chi connectivity index (χ4n) is 1.50. The minimum Gasteiger partial charge on any atom is -0.481 e. The number of carboxylic acid groups (broad SMARTS) is 2. The van der Waals surface area contributed by atoms with Crippen LogP contribution in [0.4, 0.5) is 0 Å². The molecule has 108 valence electrons. The van der Waals surface area contributed by atoms with Crippen molar-refractivity contribution in [3.8, 4) is 0 Å². The van der Waals surface area contributed by atoms with Gasteiger partial charge in [0.25, 0.3) is 0 Å². The molecule has 0 saturated carbocycles. The van der Waals surface area contributed by atoms with E-state index in [1.54, 1.807) is 18.2 Å².